The van der Waals surface area contributed by atoms with Crippen molar-refractivity contribution < 1.29 is 9.53 Å². The Morgan fingerprint density at radius 1 is 1.41 bits per heavy atom. The molecule has 0 aromatic carbocycles. The van der Waals surface area contributed by atoms with E-state index in [1.807, 2.05) is 0 Å². The highest BCUT2D eigenvalue weighted by Gasteiger charge is 2.21. The van der Waals surface area contributed by atoms with Crippen molar-refractivity contribution in [3.63, 3.8) is 0 Å². The second-order valence-corrected chi connectivity index (χ2v) is 5.84. The van der Waals surface area contributed by atoms with Crippen LogP contribution in [0.3, 0.4) is 0 Å². The van der Waals surface area contributed by atoms with Gasteiger partial charge in [-0.1, -0.05) is 27.7 Å². The first-order chi connectivity index (χ1) is 7.80. The average Bonchev–Trinajstić information content (AvgIpc) is 2.21. The fourth-order valence-corrected chi connectivity index (χ4v) is 2.06. The fraction of sp³-hybridized carbons (Fsp3) is 0.923. The summed E-state index contributed by atoms with van der Waals surface area (Å²) in [5, 5.41) is 2.95. The Hall–Kier alpha value is -0.610. The van der Waals surface area contributed by atoms with Crippen molar-refractivity contribution in [1.29, 1.82) is 0 Å². The highest BCUT2D eigenvalue weighted by atomic mass is 16.5. The smallest absolute Gasteiger partial charge is 0.222 e. The summed E-state index contributed by atoms with van der Waals surface area (Å²) in [6, 6.07) is 0. The lowest BCUT2D eigenvalue weighted by Crippen LogP contribution is -2.37. The van der Waals surface area contributed by atoms with Gasteiger partial charge < -0.3 is 15.8 Å². The molecule has 102 valence electrons. The maximum atomic E-state index is 11.7. The van der Waals surface area contributed by atoms with E-state index in [1.165, 1.54) is 0 Å². The molecule has 0 aliphatic rings. The van der Waals surface area contributed by atoms with Gasteiger partial charge in [0, 0.05) is 20.2 Å². The van der Waals surface area contributed by atoms with Crippen LogP contribution < -0.4 is 11.1 Å². The second kappa shape index (κ2) is 7.67. The van der Waals surface area contributed by atoms with Gasteiger partial charge in [-0.2, -0.15) is 0 Å². The molecule has 0 aliphatic carbocycles. The third-order valence-electron chi connectivity index (χ3n) is 2.73. The van der Waals surface area contributed by atoms with Crippen molar-refractivity contribution in [2.45, 2.75) is 46.6 Å². The van der Waals surface area contributed by atoms with Crippen molar-refractivity contribution in [3.8, 4) is 0 Å². The van der Waals surface area contributed by atoms with E-state index in [0.717, 1.165) is 6.42 Å². The molecule has 0 saturated carbocycles. The Morgan fingerprint density at radius 2 is 2.00 bits per heavy atom. The van der Waals surface area contributed by atoms with Gasteiger partial charge in [-0.15, -0.1) is 0 Å². The molecule has 3 N–H and O–H groups in total. The zero-order valence-electron chi connectivity index (χ0n) is 11.9. The molecule has 1 atom stereocenters. The SMILES string of the molecule is COC(CN)CC(=O)NCC(C)(C)CC(C)C. The zero-order chi connectivity index (χ0) is 13.5. The number of nitrogens with one attached hydrogen (secondary N) is 1. The van der Waals surface area contributed by atoms with E-state index in [1.54, 1.807) is 7.11 Å². The van der Waals surface area contributed by atoms with Crippen LogP contribution in [0.1, 0.15) is 40.5 Å². The van der Waals surface area contributed by atoms with Crippen molar-refractivity contribution in [1.82, 2.24) is 5.32 Å². The van der Waals surface area contributed by atoms with Gasteiger partial charge >= 0.3 is 0 Å². The minimum absolute atomic E-state index is 0.0131. The van der Waals surface area contributed by atoms with Gasteiger partial charge in [0.05, 0.1) is 12.5 Å². The fourth-order valence-electron chi connectivity index (χ4n) is 2.06. The third kappa shape index (κ3) is 8.16. The number of methoxy groups -OCH3 is 1. The highest BCUT2D eigenvalue weighted by Crippen LogP contribution is 2.24. The normalized spacial score (nSPS) is 13.8. The molecule has 4 nitrogen and oxygen atoms in total. The summed E-state index contributed by atoms with van der Waals surface area (Å²) in [5.41, 5.74) is 5.61. The predicted molar refractivity (Wildman–Crippen MR) is 70.7 cm³/mol. The maximum Gasteiger partial charge on any atom is 0.222 e. The summed E-state index contributed by atoms with van der Waals surface area (Å²) in [6.45, 7) is 9.80. The second-order valence-electron chi connectivity index (χ2n) is 5.84. The van der Waals surface area contributed by atoms with Gasteiger partial charge in [0.2, 0.25) is 5.91 Å². The Labute approximate surface area is 105 Å². The summed E-state index contributed by atoms with van der Waals surface area (Å²) in [4.78, 5) is 11.7. The zero-order valence-corrected chi connectivity index (χ0v) is 11.9. The Kier molecular flexibility index (Phi) is 7.39. The minimum Gasteiger partial charge on any atom is -0.380 e. The van der Waals surface area contributed by atoms with E-state index in [9.17, 15) is 4.79 Å². The molecule has 0 radical (unpaired) electrons. The number of nitrogens with two attached hydrogens (primary N) is 1. The lowest BCUT2D eigenvalue weighted by Gasteiger charge is -2.27. The first kappa shape index (κ1) is 16.4. The lowest BCUT2D eigenvalue weighted by atomic mass is 9.84. The third-order valence-corrected chi connectivity index (χ3v) is 2.73. The molecule has 0 heterocycles. The standard InChI is InChI=1S/C13H28N2O2/c1-10(2)7-13(3,4)9-15-12(16)6-11(8-14)17-5/h10-11H,6-9,14H2,1-5H3,(H,15,16). The molecule has 4 heteroatoms. The highest BCUT2D eigenvalue weighted by molar-refractivity contribution is 5.76. The summed E-state index contributed by atoms with van der Waals surface area (Å²) < 4.78 is 5.08. The van der Waals surface area contributed by atoms with Crippen LogP contribution in [0.2, 0.25) is 0 Å². The molecule has 0 bridgehead atoms. The number of hydrogen-bond donors (Lipinski definition) is 2. The average molecular weight is 244 g/mol. The van der Waals surface area contributed by atoms with E-state index < -0.39 is 0 Å². The Balaban J connectivity index is 3.98. The van der Waals surface area contributed by atoms with Crippen molar-refractivity contribution in [3.05, 3.63) is 0 Å². The summed E-state index contributed by atoms with van der Waals surface area (Å²) in [5.74, 6) is 0.650. The predicted octanol–water partition coefficient (Wildman–Crippen LogP) is 1.54. The molecule has 0 aliphatic heterocycles. The van der Waals surface area contributed by atoms with Crippen LogP contribution in [0.4, 0.5) is 0 Å². The monoisotopic (exact) mass is 244 g/mol. The van der Waals surface area contributed by atoms with E-state index in [4.69, 9.17) is 10.5 Å². The van der Waals surface area contributed by atoms with Gasteiger partial charge in [0.25, 0.3) is 0 Å². The van der Waals surface area contributed by atoms with Gasteiger partial charge in [0.15, 0.2) is 0 Å². The van der Waals surface area contributed by atoms with Gasteiger partial charge in [-0.05, 0) is 17.8 Å². The van der Waals surface area contributed by atoms with E-state index >= 15 is 0 Å². The molecule has 0 fully saturated rings. The number of carbonyl (C=O) groups excluding carboxylic acids is 1. The molecule has 0 saturated heterocycles. The molecule has 0 spiro atoms. The minimum atomic E-state index is -0.178. The topological polar surface area (TPSA) is 64.3 Å². The number of amides is 1. The molecule has 0 rings (SSSR count). The summed E-state index contributed by atoms with van der Waals surface area (Å²) >= 11 is 0. The summed E-state index contributed by atoms with van der Waals surface area (Å²) in [7, 11) is 1.58. The van der Waals surface area contributed by atoms with Gasteiger partial charge in [-0.25, -0.2) is 0 Å². The largest absolute Gasteiger partial charge is 0.380 e. The molecule has 0 aromatic heterocycles. The lowest BCUT2D eigenvalue weighted by molar-refractivity contribution is -0.123. The number of carbonyl (C=O) groups is 1. The van der Waals surface area contributed by atoms with E-state index in [0.29, 0.717) is 25.4 Å². The van der Waals surface area contributed by atoms with Crippen LogP contribution in [0.25, 0.3) is 0 Å². The van der Waals surface area contributed by atoms with Crippen molar-refractivity contribution in [2.24, 2.45) is 17.1 Å². The number of rotatable bonds is 8. The van der Waals surface area contributed by atoms with Crippen LogP contribution >= 0.6 is 0 Å². The maximum absolute atomic E-state index is 11.7. The van der Waals surface area contributed by atoms with Crippen LogP contribution in [0.5, 0.6) is 0 Å². The van der Waals surface area contributed by atoms with Gasteiger partial charge in [0.1, 0.15) is 0 Å². The molecular weight excluding hydrogens is 216 g/mol. The quantitative estimate of drug-likeness (QED) is 0.680. The summed E-state index contributed by atoms with van der Waals surface area (Å²) in [6.07, 6.45) is 1.26. The van der Waals surface area contributed by atoms with Crippen LogP contribution in [-0.4, -0.2) is 32.2 Å². The molecule has 0 aromatic rings. The van der Waals surface area contributed by atoms with Crippen LogP contribution in [0, 0.1) is 11.3 Å². The van der Waals surface area contributed by atoms with Gasteiger partial charge in [-0.3, -0.25) is 4.79 Å². The number of ether oxygens (including phenoxy) is 1. The van der Waals surface area contributed by atoms with Crippen LogP contribution in [-0.2, 0) is 9.53 Å². The molecule has 1 amide bonds. The Morgan fingerprint density at radius 3 is 2.41 bits per heavy atom. The molecule has 17 heavy (non-hydrogen) atoms. The van der Waals surface area contributed by atoms with E-state index in [2.05, 4.69) is 33.0 Å². The number of hydrogen-bond acceptors (Lipinski definition) is 3. The van der Waals surface area contributed by atoms with Crippen molar-refractivity contribution >= 4 is 5.91 Å². The van der Waals surface area contributed by atoms with Crippen LogP contribution in [0.15, 0.2) is 0 Å². The van der Waals surface area contributed by atoms with Crippen molar-refractivity contribution in [2.75, 3.05) is 20.2 Å². The molecular formula is C13H28N2O2. The van der Waals surface area contributed by atoms with E-state index in [-0.39, 0.29) is 17.4 Å². The first-order valence-corrected chi connectivity index (χ1v) is 6.30. The Bertz CT molecular complexity index is 223. The molecule has 1 unspecified atom stereocenters. The first-order valence-electron chi connectivity index (χ1n) is 6.30.